The number of rotatable bonds is 6. The monoisotopic (exact) mass is 264 g/mol. The van der Waals surface area contributed by atoms with Crippen LogP contribution >= 0.6 is 23.2 Å². The molecule has 6 heteroatoms. The van der Waals surface area contributed by atoms with E-state index in [1.54, 1.807) is 24.3 Å². The molecule has 1 N–H and O–H groups in total. The van der Waals surface area contributed by atoms with Gasteiger partial charge in [-0.3, -0.25) is 0 Å². The maximum atomic E-state index is 10.3. The van der Waals surface area contributed by atoms with Crippen LogP contribution in [0.15, 0.2) is 24.3 Å². The van der Waals surface area contributed by atoms with Gasteiger partial charge in [0.15, 0.2) is 0 Å². The molecule has 0 amide bonds. The van der Waals surface area contributed by atoms with E-state index in [0.29, 0.717) is 10.8 Å². The Kier molecular flexibility index (Phi) is 5.38. The summed E-state index contributed by atoms with van der Waals surface area (Å²) in [5.41, 5.74) is -1.34. The highest BCUT2D eigenvalue weighted by Gasteiger charge is 2.12. The Morgan fingerprint density at radius 3 is 2.50 bits per heavy atom. The molecule has 16 heavy (non-hydrogen) atoms. The summed E-state index contributed by atoms with van der Waals surface area (Å²) in [6, 6.07) is 6.80. The normalized spacial score (nSPS) is 12.1. The minimum atomic E-state index is -1.34. The molecule has 0 bridgehead atoms. The zero-order valence-electron chi connectivity index (χ0n) is 8.23. The van der Waals surface area contributed by atoms with Crippen molar-refractivity contribution in [3.05, 3.63) is 29.3 Å². The van der Waals surface area contributed by atoms with Crippen molar-refractivity contribution in [3.63, 3.8) is 0 Å². The Balaban J connectivity index is 2.21. The minimum absolute atomic E-state index is 0.100. The van der Waals surface area contributed by atoms with E-state index in [1.165, 1.54) is 0 Å². The van der Waals surface area contributed by atoms with Gasteiger partial charge in [0, 0.05) is 5.02 Å². The van der Waals surface area contributed by atoms with Gasteiger partial charge < -0.3 is 14.6 Å². The van der Waals surface area contributed by atoms with E-state index in [4.69, 9.17) is 37.8 Å². The molecule has 0 saturated heterocycles. The number of hydrogen-bond acceptors (Lipinski definition) is 3. The Bertz CT molecular complexity index is 339. The quantitative estimate of drug-likeness (QED) is 0.633. The van der Waals surface area contributed by atoms with Crippen molar-refractivity contribution in [3.8, 4) is 5.75 Å². The number of carboxylic acids is 1. The Morgan fingerprint density at radius 2 is 1.94 bits per heavy atom. The predicted molar refractivity (Wildman–Crippen MR) is 60.2 cm³/mol. The summed E-state index contributed by atoms with van der Waals surface area (Å²) >= 11 is 11.0. The average molecular weight is 265 g/mol. The molecular weight excluding hydrogens is 255 g/mol. The summed E-state index contributed by atoms with van der Waals surface area (Å²) in [6.07, 6.45) is 0. The molecule has 0 heterocycles. The maximum Gasteiger partial charge on any atom is 0.348 e. The van der Waals surface area contributed by atoms with Crippen molar-refractivity contribution in [1.29, 1.82) is 0 Å². The van der Waals surface area contributed by atoms with Crippen molar-refractivity contribution in [2.45, 2.75) is 5.56 Å². The summed E-state index contributed by atoms with van der Waals surface area (Å²) < 4.78 is 10.0. The number of halogens is 2. The third-order valence-electron chi connectivity index (χ3n) is 1.62. The second kappa shape index (κ2) is 6.58. The van der Waals surface area contributed by atoms with Crippen molar-refractivity contribution in [2.75, 3.05) is 13.2 Å². The number of carbonyl (C=O) groups is 1. The highest BCUT2D eigenvalue weighted by Crippen LogP contribution is 2.15. The molecule has 1 unspecified atom stereocenters. The minimum Gasteiger partial charge on any atom is -0.491 e. The molecule has 0 saturated carbocycles. The number of alkyl halides is 1. The van der Waals surface area contributed by atoms with Crippen LogP contribution in [0.3, 0.4) is 0 Å². The number of carboxylic acid groups (broad SMARTS) is 1. The fourth-order valence-corrected chi connectivity index (χ4v) is 1.13. The molecule has 0 aliphatic carbocycles. The summed E-state index contributed by atoms with van der Waals surface area (Å²) in [5, 5.41) is 9.04. The van der Waals surface area contributed by atoms with Gasteiger partial charge in [-0.2, -0.15) is 0 Å². The Labute approximate surface area is 103 Å². The van der Waals surface area contributed by atoms with Crippen LogP contribution in [0.5, 0.6) is 5.75 Å². The SMILES string of the molecule is O=C(O)C(Cl)OCCOc1ccc(Cl)cc1. The van der Waals surface area contributed by atoms with Gasteiger partial charge in [0.05, 0.1) is 6.61 Å². The first-order valence-corrected chi connectivity index (χ1v) is 5.28. The first-order valence-electron chi connectivity index (χ1n) is 4.46. The molecule has 0 spiro atoms. The van der Waals surface area contributed by atoms with Crippen molar-refractivity contribution < 1.29 is 19.4 Å². The first kappa shape index (κ1) is 13.1. The molecule has 0 aliphatic heterocycles. The summed E-state index contributed by atoms with van der Waals surface area (Å²) in [7, 11) is 0. The molecule has 0 radical (unpaired) electrons. The second-order valence-electron chi connectivity index (χ2n) is 2.83. The summed E-state index contributed by atoms with van der Waals surface area (Å²) in [6.45, 7) is 0.321. The summed E-state index contributed by atoms with van der Waals surface area (Å²) in [4.78, 5) is 10.3. The Morgan fingerprint density at radius 1 is 1.31 bits per heavy atom. The molecule has 4 nitrogen and oxygen atoms in total. The molecular formula is C10H10Cl2O4. The fraction of sp³-hybridized carbons (Fsp3) is 0.300. The van der Waals surface area contributed by atoms with Crippen LogP contribution in [-0.2, 0) is 9.53 Å². The fourth-order valence-electron chi connectivity index (χ4n) is 0.913. The van der Waals surface area contributed by atoms with Gasteiger partial charge in [-0.25, -0.2) is 4.79 Å². The van der Waals surface area contributed by atoms with E-state index >= 15 is 0 Å². The lowest BCUT2D eigenvalue weighted by atomic mass is 10.3. The van der Waals surface area contributed by atoms with Gasteiger partial charge >= 0.3 is 5.97 Å². The Hall–Kier alpha value is -0.970. The van der Waals surface area contributed by atoms with Gasteiger partial charge in [0.2, 0.25) is 5.56 Å². The van der Waals surface area contributed by atoms with Crippen molar-refractivity contribution in [2.24, 2.45) is 0 Å². The zero-order chi connectivity index (χ0) is 12.0. The molecule has 0 aliphatic rings. The third-order valence-corrected chi connectivity index (χ3v) is 2.19. The summed E-state index contributed by atoms with van der Waals surface area (Å²) in [5.74, 6) is -0.581. The molecule has 1 aromatic carbocycles. The van der Waals surface area contributed by atoms with Gasteiger partial charge in [-0.05, 0) is 24.3 Å². The lowest BCUT2D eigenvalue weighted by molar-refractivity contribution is -0.145. The van der Waals surface area contributed by atoms with E-state index in [1.807, 2.05) is 0 Å². The van der Waals surface area contributed by atoms with Gasteiger partial charge in [0.25, 0.3) is 0 Å². The van der Waals surface area contributed by atoms with Crippen LogP contribution in [-0.4, -0.2) is 29.9 Å². The zero-order valence-corrected chi connectivity index (χ0v) is 9.74. The van der Waals surface area contributed by atoms with Crippen molar-refractivity contribution in [1.82, 2.24) is 0 Å². The molecule has 1 rings (SSSR count). The molecule has 88 valence electrons. The number of hydrogen-bond donors (Lipinski definition) is 1. The number of ether oxygens (including phenoxy) is 2. The van der Waals surface area contributed by atoms with Gasteiger partial charge in [-0.15, -0.1) is 0 Å². The van der Waals surface area contributed by atoms with Crippen LogP contribution in [0.4, 0.5) is 0 Å². The smallest absolute Gasteiger partial charge is 0.348 e. The maximum absolute atomic E-state index is 10.3. The average Bonchev–Trinajstić information content (AvgIpc) is 2.26. The lowest BCUT2D eigenvalue weighted by Crippen LogP contribution is -2.20. The molecule has 1 atom stereocenters. The lowest BCUT2D eigenvalue weighted by Gasteiger charge is -2.08. The van der Waals surface area contributed by atoms with Crippen LogP contribution in [0.2, 0.25) is 5.02 Å². The second-order valence-corrected chi connectivity index (χ2v) is 3.66. The van der Waals surface area contributed by atoms with Crippen LogP contribution in [0.25, 0.3) is 0 Å². The van der Waals surface area contributed by atoms with E-state index < -0.39 is 11.5 Å². The van der Waals surface area contributed by atoms with E-state index in [-0.39, 0.29) is 13.2 Å². The molecule has 0 aromatic heterocycles. The van der Waals surface area contributed by atoms with E-state index in [2.05, 4.69) is 0 Å². The third kappa shape index (κ3) is 4.70. The standard InChI is InChI=1S/C10H10Cl2O4/c11-7-1-3-8(4-2-7)15-5-6-16-9(12)10(13)14/h1-4,9H,5-6H2,(H,13,14). The van der Waals surface area contributed by atoms with Crippen LogP contribution in [0.1, 0.15) is 0 Å². The van der Waals surface area contributed by atoms with E-state index in [0.717, 1.165) is 0 Å². The van der Waals surface area contributed by atoms with Gasteiger partial charge in [-0.1, -0.05) is 23.2 Å². The largest absolute Gasteiger partial charge is 0.491 e. The number of aliphatic carboxylic acids is 1. The van der Waals surface area contributed by atoms with Gasteiger partial charge in [0.1, 0.15) is 12.4 Å². The van der Waals surface area contributed by atoms with Crippen LogP contribution < -0.4 is 4.74 Å². The topological polar surface area (TPSA) is 55.8 Å². The molecule has 0 fully saturated rings. The number of benzene rings is 1. The van der Waals surface area contributed by atoms with E-state index in [9.17, 15) is 4.79 Å². The highest BCUT2D eigenvalue weighted by molar-refractivity contribution is 6.30. The first-order chi connectivity index (χ1) is 7.59. The van der Waals surface area contributed by atoms with Crippen LogP contribution in [0, 0.1) is 0 Å². The highest BCUT2D eigenvalue weighted by atomic mass is 35.5. The molecule has 1 aromatic rings. The predicted octanol–water partition coefficient (Wildman–Crippen LogP) is 2.38. The van der Waals surface area contributed by atoms with Crippen molar-refractivity contribution >= 4 is 29.2 Å².